The van der Waals surface area contributed by atoms with Crippen molar-refractivity contribution in [1.82, 2.24) is 14.6 Å². The molecule has 5 rings (SSSR count). The number of thiazole rings is 1. The summed E-state index contributed by atoms with van der Waals surface area (Å²) in [5.74, 6) is 1.69. The van der Waals surface area contributed by atoms with E-state index >= 15 is 0 Å². The van der Waals surface area contributed by atoms with E-state index in [1.165, 1.54) is 22.7 Å². The smallest absolute Gasteiger partial charge is 0.416 e. The third-order valence-corrected chi connectivity index (χ3v) is 6.01. The first-order valence-electron chi connectivity index (χ1n) is 10.1. The second kappa shape index (κ2) is 8.45. The number of furan rings is 1. The second-order valence-corrected chi connectivity index (χ2v) is 8.48. The van der Waals surface area contributed by atoms with Gasteiger partial charge in [0, 0.05) is 11.6 Å². The van der Waals surface area contributed by atoms with Gasteiger partial charge in [0.2, 0.25) is 4.96 Å². The summed E-state index contributed by atoms with van der Waals surface area (Å²) in [6.45, 7) is 2.05. The van der Waals surface area contributed by atoms with Crippen molar-refractivity contribution >= 4 is 22.4 Å². The fourth-order valence-corrected chi connectivity index (χ4v) is 4.27. The van der Waals surface area contributed by atoms with Crippen LogP contribution in [0.2, 0.25) is 0 Å². The van der Waals surface area contributed by atoms with Gasteiger partial charge in [0.1, 0.15) is 28.4 Å². The van der Waals surface area contributed by atoms with Crippen molar-refractivity contribution in [1.29, 1.82) is 0 Å². The first-order valence-corrected chi connectivity index (χ1v) is 11.0. The SMILES string of the molecule is Cc1ccccc1OCc1nc2sc(=Cc3ccc(-c4cccc(C(F)(F)F)c4)o3)c(=O)n2n1. The lowest BCUT2D eigenvalue weighted by Crippen LogP contribution is -2.23. The van der Waals surface area contributed by atoms with Crippen LogP contribution in [0.15, 0.2) is 69.9 Å². The molecule has 0 aliphatic heterocycles. The van der Waals surface area contributed by atoms with E-state index in [1.54, 1.807) is 12.1 Å². The van der Waals surface area contributed by atoms with Crippen LogP contribution in [0.1, 0.15) is 22.7 Å². The summed E-state index contributed by atoms with van der Waals surface area (Å²) in [6.07, 6.45) is -2.93. The molecular weight excluding hydrogens is 467 g/mol. The van der Waals surface area contributed by atoms with E-state index in [9.17, 15) is 18.0 Å². The molecule has 5 aromatic rings. The predicted molar refractivity (Wildman–Crippen MR) is 121 cm³/mol. The predicted octanol–water partition coefficient (Wildman–Crippen LogP) is 4.86. The molecule has 2 aromatic carbocycles. The highest BCUT2D eigenvalue weighted by Gasteiger charge is 2.30. The van der Waals surface area contributed by atoms with Gasteiger partial charge in [-0.2, -0.15) is 22.7 Å². The van der Waals surface area contributed by atoms with E-state index < -0.39 is 11.7 Å². The van der Waals surface area contributed by atoms with Gasteiger partial charge >= 0.3 is 6.18 Å². The summed E-state index contributed by atoms with van der Waals surface area (Å²) in [6, 6.07) is 15.6. The molecule has 3 heterocycles. The molecule has 34 heavy (non-hydrogen) atoms. The molecule has 0 N–H and O–H groups in total. The van der Waals surface area contributed by atoms with Gasteiger partial charge in [0.05, 0.1) is 5.56 Å². The number of rotatable bonds is 5. The molecule has 0 amide bonds. The Kier molecular flexibility index (Phi) is 5.45. The van der Waals surface area contributed by atoms with Crippen molar-refractivity contribution in [3.63, 3.8) is 0 Å². The molecule has 0 fully saturated rings. The highest BCUT2D eigenvalue weighted by molar-refractivity contribution is 7.15. The maximum Gasteiger partial charge on any atom is 0.416 e. The summed E-state index contributed by atoms with van der Waals surface area (Å²) in [7, 11) is 0. The zero-order valence-electron chi connectivity index (χ0n) is 17.7. The van der Waals surface area contributed by atoms with Crippen molar-refractivity contribution in [3.8, 4) is 17.1 Å². The van der Waals surface area contributed by atoms with Gasteiger partial charge in [-0.25, -0.2) is 0 Å². The molecule has 3 aromatic heterocycles. The van der Waals surface area contributed by atoms with E-state index in [1.807, 2.05) is 31.2 Å². The number of hydrogen-bond acceptors (Lipinski definition) is 6. The largest absolute Gasteiger partial charge is 0.485 e. The number of aryl methyl sites for hydroxylation is 1. The van der Waals surface area contributed by atoms with Gasteiger partial charge in [-0.05, 0) is 42.8 Å². The van der Waals surface area contributed by atoms with Crippen molar-refractivity contribution in [2.24, 2.45) is 0 Å². The molecule has 0 aliphatic carbocycles. The average Bonchev–Trinajstić information content (AvgIpc) is 3.50. The van der Waals surface area contributed by atoms with Crippen LogP contribution in [0.4, 0.5) is 13.2 Å². The fraction of sp³-hybridized carbons (Fsp3) is 0.125. The van der Waals surface area contributed by atoms with Crippen molar-refractivity contribution in [2.75, 3.05) is 0 Å². The lowest BCUT2D eigenvalue weighted by atomic mass is 10.1. The van der Waals surface area contributed by atoms with Gasteiger partial charge in [-0.15, -0.1) is 5.10 Å². The van der Waals surface area contributed by atoms with Crippen LogP contribution in [0, 0.1) is 6.92 Å². The van der Waals surface area contributed by atoms with E-state index in [0.29, 0.717) is 26.8 Å². The summed E-state index contributed by atoms with van der Waals surface area (Å²) in [5.41, 5.74) is 0.138. The minimum atomic E-state index is -4.45. The number of para-hydroxylation sites is 1. The number of alkyl halides is 3. The molecule has 0 saturated carbocycles. The quantitative estimate of drug-likeness (QED) is 0.357. The molecular formula is C24H16F3N3O3S. The van der Waals surface area contributed by atoms with Crippen LogP contribution in [0.3, 0.4) is 0 Å². The number of ether oxygens (including phenoxy) is 1. The van der Waals surface area contributed by atoms with Crippen LogP contribution in [-0.4, -0.2) is 14.6 Å². The lowest BCUT2D eigenvalue weighted by Gasteiger charge is -2.07. The highest BCUT2D eigenvalue weighted by atomic mass is 32.1. The molecule has 0 bridgehead atoms. The molecule has 10 heteroatoms. The average molecular weight is 483 g/mol. The summed E-state index contributed by atoms with van der Waals surface area (Å²) in [4.78, 5) is 17.5. The minimum absolute atomic E-state index is 0.121. The summed E-state index contributed by atoms with van der Waals surface area (Å²) in [5, 5.41) is 4.23. The Bertz CT molecular complexity index is 1600. The van der Waals surface area contributed by atoms with Gasteiger partial charge in [-0.1, -0.05) is 41.7 Å². The van der Waals surface area contributed by atoms with E-state index in [0.717, 1.165) is 29.0 Å². The van der Waals surface area contributed by atoms with E-state index in [4.69, 9.17) is 9.15 Å². The summed E-state index contributed by atoms with van der Waals surface area (Å²) >= 11 is 1.13. The van der Waals surface area contributed by atoms with Gasteiger partial charge in [-0.3, -0.25) is 4.79 Å². The first-order chi connectivity index (χ1) is 16.3. The Hall–Kier alpha value is -3.92. The number of benzene rings is 2. The van der Waals surface area contributed by atoms with Crippen LogP contribution >= 0.6 is 11.3 Å². The Balaban J connectivity index is 1.39. The van der Waals surface area contributed by atoms with E-state index in [-0.39, 0.29) is 23.5 Å². The zero-order valence-corrected chi connectivity index (χ0v) is 18.5. The monoisotopic (exact) mass is 483 g/mol. The second-order valence-electron chi connectivity index (χ2n) is 7.47. The standard InChI is InChI=1S/C24H16F3N3O3S/c1-14-5-2-3-8-18(14)32-13-21-28-23-30(29-21)22(31)20(34-23)12-17-9-10-19(33-17)15-6-4-7-16(11-15)24(25,26)27/h2-12H,13H2,1H3. The topological polar surface area (TPSA) is 69.6 Å². The number of fused-ring (bicyclic) bond motifs is 1. The third kappa shape index (κ3) is 4.32. The first kappa shape index (κ1) is 21.9. The maximum atomic E-state index is 13.0. The number of hydrogen-bond donors (Lipinski definition) is 0. The molecule has 172 valence electrons. The Labute approximate surface area is 194 Å². The van der Waals surface area contributed by atoms with Crippen molar-refractivity contribution in [2.45, 2.75) is 19.7 Å². The molecule has 0 unspecified atom stereocenters. The molecule has 0 atom stereocenters. The van der Waals surface area contributed by atoms with E-state index in [2.05, 4.69) is 10.1 Å². The Morgan fingerprint density at radius 1 is 1.12 bits per heavy atom. The molecule has 0 aliphatic rings. The fourth-order valence-electron chi connectivity index (χ4n) is 3.36. The zero-order chi connectivity index (χ0) is 23.9. The van der Waals surface area contributed by atoms with Gasteiger partial charge in [0.25, 0.3) is 5.56 Å². The number of nitrogens with zero attached hydrogens (tertiary/aromatic N) is 3. The number of aromatic nitrogens is 3. The van der Waals surface area contributed by atoms with Crippen molar-refractivity contribution < 1.29 is 22.3 Å². The van der Waals surface area contributed by atoms with Crippen molar-refractivity contribution in [3.05, 3.63) is 98.3 Å². The lowest BCUT2D eigenvalue weighted by molar-refractivity contribution is -0.137. The normalized spacial score (nSPS) is 12.5. The molecule has 0 radical (unpaired) electrons. The molecule has 0 spiro atoms. The minimum Gasteiger partial charge on any atom is -0.485 e. The Morgan fingerprint density at radius 2 is 1.94 bits per heavy atom. The van der Waals surface area contributed by atoms with Gasteiger partial charge < -0.3 is 9.15 Å². The van der Waals surface area contributed by atoms with Gasteiger partial charge in [0.15, 0.2) is 5.82 Å². The molecule has 6 nitrogen and oxygen atoms in total. The van der Waals surface area contributed by atoms with Crippen LogP contribution in [0.5, 0.6) is 5.75 Å². The van der Waals surface area contributed by atoms with Crippen LogP contribution in [-0.2, 0) is 12.8 Å². The number of halogens is 3. The third-order valence-electron chi connectivity index (χ3n) is 5.05. The van der Waals surface area contributed by atoms with Crippen LogP contribution in [0.25, 0.3) is 22.4 Å². The summed E-state index contributed by atoms with van der Waals surface area (Å²) < 4.78 is 51.9. The van der Waals surface area contributed by atoms with Crippen LogP contribution < -0.4 is 14.8 Å². The Morgan fingerprint density at radius 3 is 2.71 bits per heavy atom. The highest BCUT2D eigenvalue weighted by Crippen LogP contribution is 2.32. The molecule has 0 saturated heterocycles. The maximum absolute atomic E-state index is 13.0.